The first-order chi connectivity index (χ1) is 12.2. The number of allylic oxidation sites excluding steroid dienone is 1. The molecule has 3 aromatic rings. The van der Waals surface area contributed by atoms with Crippen LogP contribution >= 0.6 is 0 Å². The minimum absolute atomic E-state index is 0.152. The van der Waals surface area contributed by atoms with Crippen molar-refractivity contribution in [2.75, 3.05) is 7.11 Å². The number of hydrogen-bond acceptors (Lipinski definition) is 4. The highest BCUT2D eigenvalue weighted by Gasteiger charge is 2.31. The van der Waals surface area contributed by atoms with Crippen molar-refractivity contribution < 1.29 is 9.47 Å². The number of nitrogens with zero attached hydrogens (tertiary/aromatic N) is 1. The average Bonchev–Trinajstić information content (AvgIpc) is 2.67. The molecule has 0 radical (unpaired) electrons. The summed E-state index contributed by atoms with van der Waals surface area (Å²) >= 11 is 0. The number of hydrogen-bond donors (Lipinski definition) is 1. The standard InChI is InChI=1S/C21H16N2O2/c1-24-15-7-4-6-14(11-15)19-17-10-9-13-5-2-3-8-16(13)20(17)25-21(23)18(19)12-22/h2-11,19H,23H2,1H3/t19-/m1/s1. The smallest absolute Gasteiger partial charge is 0.205 e. The number of benzene rings is 3. The summed E-state index contributed by atoms with van der Waals surface area (Å²) in [6.07, 6.45) is 0. The van der Waals surface area contributed by atoms with Gasteiger partial charge in [0.15, 0.2) is 0 Å². The molecule has 0 amide bonds. The number of fused-ring (bicyclic) bond motifs is 3. The maximum atomic E-state index is 9.66. The Hall–Kier alpha value is -3.45. The van der Waals surface area contributed by atoms with Crippen molar-refractivity contribution in [2.45, 2.75) is 5.92 Å². The molecule has 1 aliphatic rings. The topological polar surface area (TPSA) is 68.3 Å². The van der Waals surface area contributed by atoms with Crippen LogP contribution in [0.4, 0.5) is 0 Å². The van der Waals surface area contributed by atoms with Gasteiger partial charge in [-0.25, -0.2) is 0 Å². The summed E-state index contributed by atoms with van der Waals surface area (Å²) in [4.78, 5) is 0. The predicted molar refractivity (Wildman–Crippen MR) is 96.2 cm³/mol. The quantitative estimate of drug-likeness (QED) is 0.770. The van der Waals surface area contributed by atoms with Crippen LogP contribution in [0.5, 0.6) is 11.5 Å². The predicted octanol–water partition coefficient (Wildman–Crippen LogP) is 4.07. The van der Waals surface area contributed by atoms with Crippen molar-refractivity contribution in [3.8, 4) is 17.6 Å². The van der Waals surface area contributed by atoms with Gasteiger partial charge < -0.3 is 15.2 Å². The molecule has 0 bridgehead atoms. The third kappa shape index (κ3) is 2.38. The lowest BCUT2D eigenvalue weighted by Gasteiger charge is -2.27. The molecule has 0 aromatic heterocycles. The van der Waals surface area contributed by atoms with E-state index >= 15 is 0 Å². The van der Waals surface area contributed by atoms with E-state index in [0.29, 0.717) is 11.3 Å². The highest BCUT2D eigenvalue weighted by atomic mass is 16.5. The molecule has 4 nitrogen and oxygen atoms in total. The van der Waals surface area contributed by atoms with Crippen LogP contribution in [0.1, 0.15) is 17.0 Å². The molecular weight excluding hydrogens is 312 g/mol. The second-order valence-corrected chi connectivity index (χ2v) is 5.91. The van der Waals surface area contributed by atoms with E-state index in [4.69, 9.17) is 15.2 Å². The molecule has 0 unspecified atom stereocenters. The zero-order chi connectivity index (χ0) is 17.4. The fourth-order valence-corrected chi connectivity index (χ4v) is 3.35. The monoisotopic (exact) mass is 328 g/mol. The Morgan fingerprint density at radius 2 is 1.92 bits per heavy atom. The maximum absolute atomic E-state index is 9.66. The minimum atomic E-state index is -0.284. The van der Waals surface area contributed by atoms with Crippen LogP contribution < -0.4 is 15.2 Å². The first-order valence-corrected chi connectivity index (χ1v) is 7.96. The van der Waals surface area contributed by atoms with E-state index in [1.807, 2.05) is 60.7 Å². The van der Waals surface area contributed by atoms with Crippen molar-refractivity contribution in [2.24, 2.45) is 5.73 Å². The molecule has 0 spiro atoms. The minimum Gasteiger partial charge on any atom is -0.497 e. The summed E-state index contributed by atoms with van der Waals surface area (Å²) < 4.78 is 11.2. The third-order valence-electron chi connectivity index (χ3n) is 4.53. The van der Waals surface area contributed by atoms with Crippen LogP contribution in [-0.4, -0.2) is 7.11 Å². The largest absolute Gasteiger partial charge is 0.497 e. The van der Waals surface area contributed by atoms with E-state index in [2.05, 4.69) is 6.07 Å². The Bertz CT molecular complexity index is 1050. The Morgan fingerprint density at radius 1 is 1.08 bits per heavy atom. The lowest BCUT2D eigenvalue weighted by atomic mass is 9.82. The van der Waals surface area contributed by atoms with E-state index in [-0.39, 0.29) is 11.8 Å². The molecule has 122 valence electrons. The molecular formula is C21H16N2O2. The van der Waals surface area contributed by atoms with E-state index in [9.17, 15) is 5.26 Å². The molecule has 4 heteroatoms. The fraction of sp³-hybridized carbons (Fsp3) is 0.0952. The molecule has 1 aliphatic heterocycles. The Balaban J connectivity index is 2.00. The van der Waals surface area contributed by atoms with Gasteiger partial charge in [0, 0.05) is 10.9 Å². The van der Waals surface area contributed by atoms with E-state index in [1.165, 1.54) is 0 Å². The van der Waals surface area contributed by atoms with Crippen molar-refractivity contribution in [1.29, 1.82) is 5.26 Å². The zero-order valence-electron chi connectivity index (χ0n) is 13.7. The van der Waals surface area contributed by atoms with Gasteiger partial charge in [-0.2, -0.15) is 5.26 Å². The van der Waals surface area contributed by atoms with Gasteiger partial charge in [-0.15, -0.1) is 0 Å². The average molecular weight is 328 g/mol. The fourth-order valence-electron chi connectivity index (χ4n) is 3.35. The SMILES string of the molecule is COc1cccc([C@H]2C(C#N)=C(N)Oc3c2ccc2ccccc32)c1. The van der Waals surface area contributed by atoms with Gasteiger partial charge in [-0.3, -0.25) is 0 Å². The highest BCUT2D eigenvalue weighted by molar-refractivity contribution is 5.90. The van der Waals surface area contributed by atoms with E-state index < -0.39 is 0 Å². The van der Waals surface area contributed by atoms with Gasteiger partial charge in [0.2, 0.25) is 5.88 Å². The van der Waals surface area contributed by atoms with Crippen molar-refractivity contribution in [3.63, 3.8) is 0 Å². The van der Waals surface area contributed by atoms with Crippen LogP contribution in [0.25, 0.3) is 10.8 Å². The summed E-state index contributed by atoms with van der Waals surface area (Å²) in [6, 6.07) is 21.9. The second-order valence-electron chi connectivity index (χ2n) is 5.91. The summed E-state index contributed by atoms with van der Waals surface area (Å²) in [7, 11) is 1.62. The van der Waals surface area contributed by atoms with Gasteiger partial charge in [0.25, 0.3) is 0 Å². The molecule has 0 fully saturated rings. The van der Waals surface area contributed by atoms with Gasteiger partial charge in [-0.1, -0.05) is 48.5 Å². The normalized spacial score (nSPS) is 16.1. The van der Waals surface area contributed by atoms with Crippen LogP contribution in [0, 0.1) is 11.3 Å². The first kappa shape index (κ1) is 15.1. The zero-order valence-corrected chi connectivity index (χ0v) is 13.7. The van der Waals surface area contributed by atoms with Gasteiger partial charge >= 0.3 is 0 Å². The summed E-state index contributed by atoms with van der Waals surface area (Å²) in [6.45, 7) is 0. The molecule has 2 N–H and O–H groups in total. The third-order valence-corrected chi connectivity index (χ3v) is 4.53. The number of methoxy groups -OCH3 is 1. The van der Waals surface area contributed by atoms with E-state index in [1.54, 1.807) is 7.11 Å². The highest BCUT2D eigenvalue weighted by Crippen LogP contribution is 2.45. The molecule has 0 saturated carbocycles. The van der Waals surface area contributed by atoms with Crippen molar-refractivity contribution in [3.05, 3.63) is 83.2 Å². The lowest BCUT2D eigenvalue weighted by Crippen LogP contribution is -2.21. The first-order valence-electron chi connectivity index (χ1n) is 7.96. The van der Waals surface area contributed by atoms with Crippen molar-refractivity contribution >= 4 is 10.8 Å². The Kier molecular flexibility index (Phi) is 3.55. The molecule has 0 aliphatic carbocycles. The number of ether oxygens (including phenoxy) is 2. The Morgan fingerprint density at radius 3 is 2.72 bits per heavy atom. The molecule has 25 heavy (non-hydrogen) atoms. The molecule has 1 atom stereocenters. The van der Waals surface area contributed by atoms with Crippen LogP contribution in [0.15, 0.2) is 72.1 Å². The van der Waals surface area contributed by atoms with Crippen LogP contribution in [-0.2, 0) is 0 Å². The second kappa shape index (κ2) is 5.88. The molecule has 0 saturated heterocycles. The number of nitriles is 1. The molecule has 3 aromatic carbocycles. The summed E-state index contributed by atoms with van der Waals surface area (Å²) in [5, 5.41) is 11.7. The van der Waals surface area contributed by atoms with Crippen molar-refractivity contribution in [1.82, 2.24) is 0 Å². The van der Waals surface area contributed by atoms with E-state index in [0.717, 1.165) is 27.6 Å². The molecule has 1 heterocycles. The summed E-state index contributed by atoms with van der Waals surface area (Å²) in [5.74, 6) is 1.32. The Labute approximate surface area is 145 Å². The van der Waals surface area contributed by atoms with Gasteiger partial charge in [-0.05, 0) is 23.1 Å². The van der Waals surface area contributed by atoms with Crippen LogP contribution in [0.3, 0.4) is 0 Å². The summed E-state index contributed by atoms with van der Waals surface area (Å²) in [5.41, 5.74) is 8.38. The number of nitrogens with two attached hydrogens (primary N) is 1. The molecule has 4 rings (SSSR count). The maximum Gasteiger partial charge on any atom is 0.205 e. The van der Waals surface area contributed by atoms with Gasteiger partial charge in [0.05, 0.1) is 13.0 Å². The lowest BCUT2D eigenvalue weighted by molar-refractivity contribution is 0.397. The van der Waals surface area contributed by atoms with Gasteiger partial charge in [0.1, 0.15) is 23.1 Å². The number of rotatable bonds is 2. The van der Waals surface area contributed by atoms with Crippen LogP contribution in [0.2, 0.25) is 0 Å².